The molecule has 2 aromatic carbocycles. The second-order valence-corrected chi connectivity index (χ2v) is 6.99. The molecule has 0 heterocycles. The summed E-state index contributed by atoms with van der Waals surface area (Å²) in [5.74, 6) is 0.113. The minimum absolute atomic E-state index is 0. The van der Waals surface area contributed by atoms with Gasteiger partial charge in [0, 0.05) is 0 Å². The van der Waals surface area contributed by atoms with Crippen LogP contribution in [0, 0.1) is 0 Å². The molecule has 2 rings (SSSR count). The van der Waals surface area contributed by atoms with Crippen LogP contribution >= 0.6 is 0 Å². The van der Waals surface area contributed by atoms with Gasteiger partial charge >= 0.3 is 29.6 Å². The van der Waals surface area contributed by atoms with Crippen molar-refractivity contribution in [3.8, 4) is 17.2 Å². The Kier molecular flexibility index (Phi) is 8.96. The Morgan fingerprint density at radius 3 is 2.44 bits per heavy atom. The van der Waals surface area contributed by atoms with E-state index in [-0.39, 0.29) is 46.0 Å². The third-order valence-electron chi connectivity index (χ3n) is 3.69. The smallest absolute Gasteiger partial charge is 0.872 e. The van der Waals surface area contributed by atoms with E-state index >= 15 is 0 Å². The molecule has 0 unspecified atom stereocenters. The molecule has 0 bridgehead atoms. The number of unbranched alkanes of at least 4 members (excludes halogenated alkanes) is 3. The van der Waals surface area contributed by atoms with Crippen LogP contribution in [0.4, 0.5) is 0 Å². The standard InChI is InChI=1S/C18H22O5S.Na/c1-2-3-4-5-8-14-11-12-15(19)13-17(14)23-16-9-6-7-10-18(16)24(20,21)22;/h6-7,9-13,19H,2-5,8H2,1H3,(H,20,21,22);/q;+1/p-1. The van der Waals surface area contributed by atoms with Gasteiger partial charge < -0.3 is 9.84 Å². The summed E-state index contributed by atoms with van der Waals surface area (Å²) in [4.78, 5) is -0.321. The summed E-state index contributed by atoms with van der Waals surface area (Å²) in [7, 11) is -4.40. The molecule has 25 heavy (non-hydrogen) atoms. The summed E-state index contributed by atoms with van der Waals surface area (Å²) in [5.41, 5.74) is 0.843. The van der Waals surface area contributed by atoms with Crippen LogP contribution in [-0.2, 0) is 16.5 Å². The first-order valence-corrected chi connectivity index (χ1v) is 9.40. The van der Waals surface area contributed by atoms with Gasteiger partial charge in [-0.15, -0.1) is 5.75 Å². The molecule has 2 aromatic rings. The summed E-state index contributed by atoms with van der Waals surface area (Å²) in [6.07, 6.45) is 5.05. The van der Waals surface area contributed by atoms with E-state index in [0.717, 1.165) is 37.7 Å². The van der Waals surface area contributed by atoms with E-state index in [0.29, 0.717) is 5.75 Å². The number of aryl methyl sites for hydroxylation is 1. The Morgan fingerprint density at radius 1 is 1.04 bits per heavy atom. The molecule has 1 N–H and O–H groups in total. The van der Waals surface area contributed by atoms with Crippen LogP contribution in [0.5, 0.6) is 17.2 Å². The van der Waals surface area contributed by atoms with E-state index in [2.05, 4.69) is 6.92 Å². The molecule has 0 amide bonds. The van der Waals surface area contributed by atoms with E-state index in [1.807, 2.05) is 0 Å². The molecular formula is C18H21NaO5S. The average molecular weight is 372 g/mol. The van der Waals surface area contributed by atoms with Gasteiger partial charge in [0.25, 0.3) is 10.1 Å². The van der Waals surface area contributed by atoms with Crippen molar-refractivity contribution in [2.24, 2.45) is 0 Å². The van der Waals surface area contributed by atoms with Crippen molar-refractivity contribution >= 4 is 10.1 Å². The maximum Gasteiger partial charge on any atom is 1.00 e. The number of para-hydroxylation sites is 1. The molecule has 0 aromatic heterocycles. The van der Waals surface area contributed by atoms with E-state index in [4.69, 9.17) is 4.74 Å². The van der Waals surface area contributed by atoms with Crippen molar-refractivity contribution in [1.82, 2.24) is 0 Å². The van der Waals surface area contributed by atoms with E-state index < -0.39 is 10.1 Å². The molecular weight excluding hydrogens is 351 g/mol. The molecule has 0 atom stereocenters. The molecule has 5 nitrogen and oxygen atoms in total. The summed E-state index contributed by atoms with van der Waals surface area (Å²) < 4.78 is 37.9. The van der Waals surface area contributed by atoms with Crippen molar-refractivity contribution < 1.29 is 52.4 Å². The van der Waals surface area contributed by atoms with Gasteiger partial charge in [-0.2, -0.15) is 8.42 Å². The Morgan fingerprint density at radius 2 is 1.76 bits per heavy atom. The fourth-order valence-corrected chi connectivity index (χ4v) is 3.06. The van der Waals surface area contributed by atoms with Crippen molar-refractivity contribution in [1.29, 1.82) is 0 Å². The predicted molar refractivity (Wildman–Crippen MR) is 90.1 cm³/mol. The molecule has 0 saturated carbocycles. The quantitative estimate of drug-likeness (QED) is 0.423. The zero-order chi connectivity index (χ0) is 17.6. The summed E-state index contributed by atoms with van der Waals surface area (Å²) in [6.45, 7) is 2.13. The fraction of sp³-hybridized carbons (Fsp3) is 0.333. The zero-order valence-electron chi connectivity index (χ0n) is 14.6. The predicted octanol–water partition coefficient (Wildman–Crippen LogP) is 0.926. The number of hydrogen-bond donors (Lipinski definition) is 1. The summed E-state index contributed by atoms with van der Waals surface area (Å²) in [5, 5.41) is 11.6. The van der Waals surface area contributed by atoms with Gasteiger partial charge in [-0.05, 0) is 36.6 Å². The second kappa shape index (κ2) is 10.2. The van der Waals surface area contributed by atoms with Gasteiger partial charge in [-0.1, -0.05) is 50.5 Å². The van der Waals surface area contributed by atoms with Crippen LogP contribution < -0.4 is 39.4 Å². The minimum atomic E-state index is -4.40. The SMILES string of the molecule is CCCCCCc1ccc([O-])cc1Oc1ccccc1S(=O)(=O)O.[Na+]. The van der Waals surface area contributed by atoms with Gasteiger partial charge in [0.2, 0.25) is 0 Å². The first-order chi connectivity index (χ1) is 11.4. The van der Waals surface area contributed by atoms with Crippen LogP contribution in [0.2, 0.25) is 0 Å². The third kappa shape index (κ3) is 6.64. The number of ether oxygens (including phenoxy) is 1. The van der Waals surface area contributed by atoms with Gasteiger partial charge in [-0.25, -0.2) is 0 Å². The molecule has 130 valence electrons. The van der Waals surface area contributed by atoms with Gasteiger partial charge in [0.1, 0.15) is 16.4 Å². The van der Waals surface area contributed by atoms with Crippen LogP contribution in [0.3, 0.4) is 0 Å². The Hall–Kier alpha value is -1.05. The largest absolute Gasteiger partial charge is 1.00 e. The second-order valence-electron chi connectivity index (χ2n) is 5.60. The first-order valence-electron chi connectivity index (χ1n) is 7.96. The van der Waals surface area contributed by atoms with Gasteiger partial charge in [-0.3, -0.25) is 4.55 Å². The Bertz CT molecular complexity index is 790. The monoisotopic (exact) mass is 372 g/mol. The molecule has 0 aliphatic carbocycles. The molecule has 0 radical (unpaired) electrons. The Labute approximate surface area is 171 Å². The third-order valence-corrected chi connectivity index (χ3v) is 4.58. The van der Waals surface area contributed by atoms with Crippen molar-refractivity contribution in [2.45, 2.75) is 43.9 Å². The van der Waals surface area contributed by atoms with Crippen molar-refractivity contribution in [3.05, 3.63) is 48.0 Å². The van der Waals surface area contributed by atoms with Crippen molar-refractivity contribution in [2.75, 3.05) is 0 Å². The Balaban J connectivity index is 0.00000312. The normalized spacial score (nSPS) is 11.0. The number of benzene rings is 2. The van der Waals surface area contributed by atoms with Crippen LogP contribution in [0.1, 0.15) is 38.2 Å². The molecule has 0 aliphatic heterocycles. The van der Waals surface area contributed by atoms with Crippen LogP contribution in [0.25, 0.3) is 0 Å². The zero-order valence-corrected chi connectivity index (χ0v) is 17.4. The van der Waals surface area contributed by atoms with E-state index in [9.17, 15) is 18.1 Å². The summed E-state index contributed by atoms with van der Waals surface area (Å²) in [6, 6.07) is 10.3. The minimum Gasteiger partial charge on any atom is -0.872 e. The topological polar surface area (TPSA) is 86.7 Å². The van der Waals surface area contributed by atoms with Gasteiger partial charge in [0.15, 0.2) is 0 Å². The molecule has 0 aliphatic rings. The van der Waals surface area contributed by atoms with Crippen LogP contribution in [0.15, 0.2) is 47.4 Å². The maximum absolute atomic E-state index is 11.6. The van der Waals surface area contributed by atoms with Crippen LogP contribution in [-0.4, -0.2) is 13.0 Å². The van der Waals surface area contributed by atoms with E-state index in [1.165, 1.54) is 30.3 Å². The molecule has 7 heteroatoms. The molecule has 0 spiro atoms. The number of hydrogen-bond acceptors (Lipinski definition) is 4. The average Bonchev–Trinajstić information content (AvgIpc) is 2.53. The molecule has 0 saturated heterocycles. The van der Waals surface area contributed by atoms with E-state index in [1.54, 1.807) is 12.1 Å². The number of rotatable bonds is 8. The maximum atomic E-state index is 11.6. The fourth-order valence-electron chi connectivity index (χ4n) is 2.44. The molecule has 0 fully saturated rings. The van der Waals surface area contributed by atoms with Crippen molar-refractivity contribution in [3.63, 3.8) is 0 Å². The van der Waals surface area contributed by atoms with Gasteiger partial charge in [0.05, 0.1) is 0 Å². The summed E-state index contributed by atoms with van der Waals surface area (Å²) >= 11 is 0. The first kappa shape index (κ1) is 22.0.